The maximum Gasteiger partial charge on any atom is 0.104 e. The summed E-state index contributed by atoms with van der Waals surface area (Å²) < 4.78 is 9.60. The Morgan fingerprint density at radius 1 is 0.303 bits per heavy atom. The van der Waals surface area contributed by atoms with Crippen molar-refractivity contribution in [2.24, 2.45) is 0 Å². The molecule has 14 rings (SSSR count). The fraction of sp³-hybridized carbons (Fsp3) is 0. The lowest BCUT2D eigenvalue weighted by Crippen LogP contribution is -2.16. The van der Waals surface area contributed by atoms with E-state index in [9.17, 15) is 5.26 Å². The molecule has 9 aromatic carbocycles. The molecule has 0 N–H and O–H groups in total. The highest BCUT2D eigenvalue weighted by molar-refractivity contribution is 6.17. The zero-order valence-corrected chi connectivity index (χ0v) is 35.5. The summed E-state index contributed by atoms with van der Waals surface area (Å²) in [5, 5.41) is 21.4. The van der Waals surface area contributed by atoms with E-state index in [2.05, 4.69) is 225 Å². The minimum Gasteiger partial charge on any atom is -0.307 e. The Labute approximate surface area is 378 Å². The van der Waals surface area contributed by atoms with Crippen LogP contribution < -0.4 is 0 Å². The first-order valence-electron chi connectivity index (χ1n) is 22.3. The van der Waals surface area contributed by atoms with Crippen molar-refractivity contribution in [3.8, 4) is 39.9 Å². The Bertz CT molecular complexity index is 4150. The van der Waals surface area contributed by atoms with Crippen LogP contribution in [0, 0.1) is 11.3 Å². The second kappa shape index (κ2) is 13.9. The first-order chi connectivity index (χ1) is 32.8. The van der Waals surface area contributed by atoms with Crippen LogP contribution in [0.5, 0.6) is 0 Å². The molecule has 5 aromatic heterocycles. The van der Waals surface area contributed by atoms with E-state index in [1.807, 2.05) is 18.5 Å². The van der Waals surface area contributed by atoms with Gasteiger partial charge in [0.25, 0.3) is 0 Å². The number of para-hydroxylation sites is 8. The lowest BCUT2D eigenvalue weighted by atomic mass is 9.94. The van der Waals surface area contributed by atoms with Crippen LogP contribution in [-0.4, -0.2) is 23.3 Å². The molecule has 0 bridgehead atoms. The summed E-state index contributed by atoms with van der Waals surface area (Å²) in [6.07, 6.45) is 3.79. The van der Waals surface area contributed by atoms with Gasteiger partial charge in [-0.05, 0) is 54.6 Å². The number of aromatic nitrogens is 5. The van der Waals surface area contributed by atoms with E-state index in [1.165, 1.54) is 0 Å². The van der Waals surface area contributed by atoms with E-state index in [-0.39, 0.29) is 0 Å². The molecule has 0 spiro atoms. The quantitative estimate of drug-likeness (QED) is 0.173. The predicted octanol–water partition coefficient (Wildman–Crippen LogP) is 15.0. The van der Waals surface area contributed by atoms with Crippen molar-refractivity contribution in [3.63, 3.8) is 0 Å². The molecule has 0 amide bonds. The van der Waals surface area contributed by atoms with E-state index < -0.39 is 0 Å². The van der Waals surface area contributed by atoms with Crippen molar-refractivity contribution < 1.29 is 0 Å². The van der Waals surface area contributed by atoms with E-state index in [4.69, 9.17) is 4.98 Å². The molecular weight excluding hydrogens is 805 g/mol. The molecule has 14 aromatic rings. The normalized spacial score (nSPS) is 11.9. The topological polar surface area (TPSA) is 56.4 Å². The number of benzene rings is 9. The molecule has 0 atom stereocenters. The summed E-state index contributed by atoms with van der Waals surface area (Å²) in [6.45, 7) is 0. The van der Waals surface area contributed by atoms with Gasteiger partial charge in [0, 0.05) is 66.6 Å². The lowest BCUT2D eigenvalue weighted by Gasteiger charge is -2.29. The number of nitriles is 1. The van der Waals surface area contributed by atoms with Gasteiger partial charge < -0.3 is 18.3 Å². The minimum atomic E-state index is 0.535. The fourth-order valence-electron chi connectivity index (χ4n) is 11.1. The molecule has 306 valence electrons. The van der Waals surface area contributed by atoms with Crippen LogP contribution in [0.25, 0.3) is 121 Å². The minimum absolute atomic E-state index is 0.535. The van der Waals surface area contributed by atoms with Crippen LogP contribution in [0.1, 0.15) is 5.56 Å². The average molecular weight is 841 g/mol. The second-order valence-electron chi connectivity index (χ2n) is 17.0. The zero-order chi connectivity index (χ0) is 43.5. The van der Waals surface area contributed by atoms with E-state index >= 15 is 0 Å². The fourth-order valence-corrected chi connectivity index (χ4v) is 11.1. The Morgan fingerprint density at radius 2 is 0.591 bits per heavy atom. The standard InChI is InChI=1S/C60H36N6/c61-36-47-57(63-48-27-9-1-19-39(48)40-20-2-10-28-49(40)63)56(38-18-17-35-62-37-38)59(65-52-31-13-5-23-43(52)44-24-6-14-32-53(44)65)60(66-54-33-15-7-25-45(54)46-26-8-16-34-55(46)66)58(47)64-50-29-11-3-21-41(50)42-22-4-12-30-51(42)64/h1-35,37H. The number of hydrogen-bond donors (Lipinski definition) is 0. The Hall–Kier alpha value is -9.18. The number of pyridine rings is 1. The molecule has 0 fully saturated rings. The molecule has 0 aliphatic carbocycles. The van der Waals surface area contributed by atoms with Gasteiger partial charge in [0.1, 0.15) is 11.6 Å². The lowest BCUT2D eigenvalue weighted by molar-refractivity contribution is 1.03. The molecular formula is C60H36N6. The summed E-state index contributed by atoms with van der Waals surface area (Å²) in [5.74, 6) is 0. The van der Waals surface area contributed by atoms with E-state index in [0.29, 0.717) is 5.56 Å². The Kier molecular flexibility index (Phi) is 7.65. The van der Waals surface area contributed by atoms with Crippen molar-refractivity contribution in [2.75, 3.05) is 0 Å². The van der Waals surface area contributed by atoms with Gasteiger partial charge in [0.2, 0.25) is 0 Å². The van der Waals surface area contributed by atoms with Gasteiger partial charge in [-0.15, -0.1) is 0 Å². The molecule has 0 radical (unpaired) electrons. The van der Waals surface area contributed by atoms with Crippen molar-refractivity contribution in [1.29, 1.82) is 5.26 Å². The van der Waals surface area contributed by atoms with Crippen LogP contribution in [-0.2, 0) is 0 Å². The third-order valence-corrected chi connectivity index (χ3v) is 13.7. The van der Waals surface area contributed by atoms with Gasteiger partial charge in [-0.2, -0.15) is 5.26 Å². The molecule has 0 unspecified atom stereocenters. The van der Waals surface area contributed by atoms with Crippen LogP contribution >= 0.6 is 0 Å². The third-order valence-electron chi connectivity index (χ3n) is 13.7. The van der Waals surface area contributed by atoms with Gasteiger partial charge in [-0.25, -0.2) is 0 Å². The number of nitrogens with zero attached hydrogens (tertiary/aromatic N) is 6. The summed E-state index contributed by atoms with van der Waals surface area (Å²) in [4.78, 5) is 4.84. The maximum atomic E-state index is 12.5. The van der Waals surface area contributed by atoms with Gasteiger partial charge in [0.15, 0.2) is 0 Å². The molecule has 6 heteroatoms. The Balaban J connectivity index is 1.37. The first kappa shape index (κ1) is 36.3. The van der Waals surface area contributed by atoms with Gasteiger partial charge >= 0.3 is 0 Å². The Morgan fingerprint density at radius 3 is 0.894 bits per heavy atom. The van der Waals surface area contributed by atoms with Gasteiger partial charge in [-0.1, -0.05) is 152 Å². The highest BCUT2D eigenvalue weighted by Gasteiger charge is 2.34. The highest BCUT2D eigenvalue weighted by Crippen LogP contribution is 2.51. The van der Waals surface area contributed by atoms with Gasteiger partial charge in [0.05, 0.1) is 66.9 Å². The summed E-state index contributed by atoms with van der Waals surface area (Å²) in [7, 11) is 0. The second-order valence-corrected chi connectivity index (χ2v) is 17.0. The number of hydrogen-bond acceptors (Lipinski definition) is 2. The van der Waals surface area contributed by atoms with Crippen molar-refractivity contribution >= 4 is 87.2 Å². The molecule has 0 aliphatic heterocycles. The first-order valence-corrected chi connectivity index (χ1v) is 22.3. The molecule has 66 heavy (non-hydrogen) atoms. The largest absolute Gasteiger partial charge is 0.307 e. The number of rotatable bonds is 5. The highest BCUT2D eigenvalue weighted by atomic mass is 15.1. The van der Waals surface area contributed by atoms with Crippen LogP contribution in [0.15, 0.2) is 219 Å². The van der Waals surface area contributed by atoms with Crippen LogP contribution in [0.2, 0.25) is 0 Å². The van der Waals surface area contributed by atoms with Crippen molar-refractivity contribution in [3.05, 3.63) is 224 Å². The average Bonchev–Trinajstić information content (AvgIpc) is 4.11. The van der Waals surface area contributed by atoms with E-state index in [1.54, 1.807) is 0 Å². The molecule has 6 nitrogen and oxygen atoms in total. The smallest absolute Gasteiger partial charge is 0.104 e. The van der Waals surface area contributed by atoms with Crippen molar-refractivity contribution in [2.45, 2.75) is 0 Å². The predicted molar refractivity (Wildman–Crippen MR) is 272 cm³/mol. The van der Waals surface area contributed by atoms with Crippen LogP contribution in [0.4, 0.5) is 0 Å². The molecule has 0 saturated carbocycles. The molecule has 0 saturated heterocycles. The van der Waals surface area contributed by atoms with E-state index in [0.717, 1.165) is 121 Å². The summed E-state index contributed by atoms with van der Waals surface area (Å²) in [5.41, 5.74) is 13.9. The monoisotopic (exact) mass is 840 g/mol. The van der Waals surface area contributed by atoms with Crippen LogP contribution in [0.3, 0.4) is 0 Å². The maximum absolute atomic E-state index is 12.5. The summed E-state index contributed by atoms with van der Waals surface area (Å²) in [6, 6.07) is 76.3. The summed E-state index contributed by atoms with van der Waals surface area (Å²) >= 11 is 0. The SMILES string of the molecule is N#Cc1c(-n2c3ccccc3c3ccccc32)c(-c2cccnc2)c(-n2c3ccccc3c3ccccc32)c(-n2c3ccccc3c3ccccc32)c1-n1c2ccccc2c2ccccc21. The van der Waals surface area contributed by atoms with Crippen molar-refractivity contribution in [1.82, 2.24) is 23.3 Å². The number of fused-ring (bicyclic) bond motifs is 12. The zero-order valence-electron chi connectivity index (χ0n) is 35.5. The molecule has 0 aliphatic rings. The third kappa shape index (κ3) is 4.86. The molecule has 5 heterocycles. The van der Waals surface area contributed by atoms with Gasteiger partial charge in [-0.3, -0.25) is 4.98 Å².